The summed E-state index contributed by atoms with van der Waals surface area (Å²) < 4.78 is 1.21. The molecular formula is C16H19N3O2S. The van der Waals surface area contributed by atoms with Gasteiger partial charge in [0.1, 0.15) is 6.04 Å². The molecule has 1 fully saturated rings. The van der Waals surface area contributed by atoms with E-state index in [9.17, 15) is 9.59 Å². The maximum atomic E-state index is 12.1. The van der Waals surface area contributed by atoms with Crippen molar-refractivity contribution in [2.75, 3.05) is 13.6 Å². The summed E-state index contributed by atoms with van der Waals surface area (Å²) in [4.78, 5) is 25.6. The smallest absolute Gasteiger partial charge is 0.315 e. The Morgan fingerprint density at radius 2 is 2.18 bits per heavy atom. The molecule has 0 unspecified atom stereocenters. The van der Waals surface area contributed by atoms with E-state index in [1.54, 1.807) is 23.3 Å². The van der Waals surface area contributed by atoms with Gasteiger partial charge in [0.2, 0.25) is 5.91 Å². The number of nitrogens with zero attached hydrogens (tertiary/aromatic N) is 1. The number of fused-ring (bicyclic) bond motifs is 1. The van der Waals surface area contributed by atoms with Gasteiger partial charge in [-0.1, -0.05) is 18.2 Å². The molecular weight excluding hydrogens is 298 g/mol. The van der Waals surface area contributed by atoms with Crippen LogP contribution in [-0.4, -0.2) is 36.5 Å². The van der Waals surface area contributed by atoms with E-state index in [4.69, 9.17) is 0 Å². The lowest BCUT2D eigenvalue weighted by Crippen LogP contribution is -2.46. The molecule has 0 spiro atoms. The summed E-state index contributed by atoms with van der Waals surface area (Å²) in [6.45, 7) is 2.64. The average Bonchev–Trinajstić information content (AvgIpc) is 3.06. The van der Waals surface area contributed by atoms with E-state index in [1.807, 2.05) is 19.1 Å². The van der Waals surface area contributed by atoms with E-state index in [-0.39, 0.29) is 18.0 Å². The van der Waals surface area contributed by atoms with Crippen molar-refractivity contribution in [3.8, 4) is 0 Å². The third-order valence-electron chi connectivity index (χ3n) is 4.06. The molecule has 0 bridgehead atoms. The number of likely N-dealkylation sites (tertiary alicyclic amines) is 1. The van der Waals surface area contributed by atoms with E-state index < -0.39 is 6.04 Å². The zero-order chi connectivity index (χ0) is 15.7. The molecule has 2 N–H and O–H groups in total. The molecule has 3 amide bonds. The van der Waals surface area contributed by atoms with Crippen LogP contribution in [0.25, 0.3) is 10.1 Å². The number of likely N-dealkylation sites (N-methyl/N-ethyl adjacent to an activating group) is 1. The minimum atomic E-state index is -0.406. The normalized spacial score (nSPS) is 19.5. The van der Waals surface area contributed by atoms with Crippen LogP contribution in [0.4, 0.5) is 4.79 Å². The first-order valence-electron chi connectivity index (χ1n) is 7.34. The summed E-state index contributed by atoms with van der Waals surface area (Å²) >= 11 is 1.67. The highest BCUT2D eigenvalue weighted by molar-refractivity contribution is 7.17. The van der Waals surface area contributed by atoms with Gasteiger partial charge in [-0.3, -0.25) is 4.79 Å². The van der Waals surface area contributed by atoms with Crippen LogP contribution in [0.2, 0.25) is 0 Å². The number of hydrogen-bond donors (Lipinski definition) is 2. The fourth-order valence-corrected chi connectivity index (χ4v) is 3.82. The number of rotatable bonds is 3. The number of nitrogens with one attached hydrogen (secondary N) is 2. The Kier molecular flexibility index (Phi) is 4.02. The quantitative estimate of drug-likeness (QED) is 0.913. The SMILES string of the molecule is C[C@H](NC(=O)N[C@@H]1CCN(C)C1=O)c1csc2ccccc12. The van der Waals surface area contributed by atoms with Gasteiger partial charge in [-0.2, -0.15) is 0 Å². The molecule has 0 radical (unpaired) electrons. The number of hydrogen-bond acceptors (Lipinski definition) is 3. The van der Waals surface area contributed by atoms with Crippen LogP contribution in [0, 0.1) is 0 Å². The molecule has 22 heavy (non-hydrogen) atoms. The summed E-state index contributed by atoms with van der Waals surface area (Å²) in [5.41, 5.74) is 1.10. The predicted octanol–water partition coefficient (Wildman–Crippen LogP) is 2.49. The second kappa shape index (κ2) is 5.96. The lowest BCUT2D eigenvalue weighted by atomic mass is 10.1. The van der Waals surface area contributed by atoms with Crippen molar-refractivity contribution >= 4 is 33.4 Å². The lowest BCUT2D eigenvalue weighted by Gasteiger charge is -2.17. The molecule has 2 heterocycles. The fourth-order valence-electron chi connectivity index (χ4n) is 2.76. The first-order valence-corrected chi connectivity index (χ1v) is 8.22. The number of amides is 3. The van der Waals surface area contributed by atoms with Crippen molar-refractivity contribution in [1.82, 2.24) is 15.5 Å². The summed E-state index contributed by atoms with van der Waals surface area (Å²) in [6, 6.07) is 7.34. The van der Waals surface area contributed by atoms with Gasteiger partial charge in [0, 0.05) is 18.3 Å². The Morgan fingerprint density at radius 3 is 2.91 bits per heavy atom. The van der Waals surface area contributed by atoms with Crippen molar-refractivity contribution in [2.24, 2.45) is 0 Å². The molecule has 1 aliphatic rings. The molecule has 116 valence electrons. The minimum Gasteiger partial charge on any atom is -0.344 e. The van der Waals surface area contributed by atoms with Gasteiger partial charge >= 0.3 is 6.03 Å². The third kappa shape index (κ3) is 2.78. The fraction of sp³-hybridized carbons (Fsp3) is 0.375. The van der Waals surface area contributed by atoms with Crippen molar-refractivity contribution in [3.63, 3.8) is 0 Å². The highest BCUT2D eigenvalue weighted by atomic mass is 32.1. The lowest BCUT2D eigenvalue weighted by molar-refractivity contribution is -0.128. The van der Waals surface area contributed by atoms with Crippen LogP contribution in [0.3, 0.4) is 0 Å². The van der Waals surface area contributed by atoms with Gasteiger partial charge in [0.05, 0.1) is 6.04 Å². The Morgan fingerprint density at radius 1 is 1.41 bits per heavy atom. The van der Waals surface area contributed by atoms with Crippen LogP contribution < -0.4 is 10.6 Å². The van der Waals surface area contributed by atoms with Gasteiger partial charge in [0.25, 0.3) is 0 Å². The summed E-state index contributed by atoms with van der Waals surface area (Å²) in [5.74, 6) is -0.0243. The van der Waals surface area contributed by atoms with Gasteiger partial charge in [-0.05, 0) is 35.7 Å². The highest BCUT2D eigenvalue weighted by Gasteiger charge is 2.30. The average molecular weight is 317 g/mol. The van der Waals surface area contributed by atoms with E-state index in [1.165, 1.54) is 4.70 Å². The van der Waals surface area contributed by atoms with Crippen LogP contribution in [0.5, 0.6) is 0 Å². The summed E-state index contributed by atoms with van der Waals surface area (Å²) in [6.07, 6.45) is 0.665. The molecule has 0 aliphatic carbocycles. The molecule has 1 aromatic carbocycles. The minimum absolute atomic E-state index is 0.0243. The molecule has 3 rings (SSSR count). The molecule has 5 nitrogen and oxygen atoms in total. The Labute approximate surface area is 133 Å². The largest absolute Gasteiger partial charge is 0.344 e. The Balaban J connectivity index is 1.65. The van der Waals surface area contributed by atoms with Crippen LogP contribution >= 0.6 is 11.3 Å². The number of benzene rings is 1. The van der Waals surface area contributed by atoms with E-state index in [0.29, 0.717) is 13.0 Å². The summed E-state index contributed by atoms with van der Waals surface area (Å²) in [7, 11) is 1.75. The monoisotopic (exact) mass is 317 g/mol. The highest BCUT2D eigenvalue weighted by Crippen LogP contribution is 2.29. The first-order chi connectivity index (χ1) is 10.6. The zero-order valence-corrected chi connectivity index (χ0v) is 13.4. The standard InChI is InChI=1S/C16H19N3O2S/c1-10(12-9-22-14-6-4-3-5-11(12)14)17-16(21)18-13-7-8-19(2)15(13)20/h3-6,9-10,13H,7-8H2,1-2H3,(H2,17,18,21)/t10-,13+/m0/s1. The van der Waals surface area contributed by atoms with Crippen molar-refractivity contribution in [1.29, 1.82) is 0 Å². The number of carbonyl (C=O) groups is 2. The molecule has 1 saturated heterocycles. The predicted molar refractivity (Wildman–Crippen MR) is 87.9 cm³/mol. The van der Waals surface area contributed by atoms with E-state index >= 15 is 0 Å². The van der Waals surface area contributed by atoms with Crippen molar-refractivity contribution in [3.05, 3.63) is 35.2 Å². The zero-order valence-electron chi connectivity index (χ0n) is 12.6. The third-order valence-corrected chi connectivity index (χ3v) is 5.04. The molecule has 1 aromatic heterocycles. The molecule has 0 saturated carbocycles. The number of urea groups is 1. The number of thiophene rings is 1. The Bertz CT molecular complexity index is 712. The summed E-state index contributed by atoms with van der Waals surface area (Å²) in [5, 5.41) is 8.92. The van der Waals surface area contributed by atoms with Gasteiger partial charge in [-0.15, -0.1) is 11.3 Å². The molecule has 1 aliphatic heterocycles. The molecule has 6 heteroatoms. The van der Waals surface area contributed by atoms with Gasteiger partial charge in [0.15, 0.2) is 0 Å². The molecule has 2 atom stereocenters. The number of carbonyl (C=O) groups excluding carboxylic acids is 2. The van der Waals surface area contributed by atoms with Crippen molar-refractivity contribution < 1.29 is 9.59 Å². The van der Waals surface area contributed by atoms with Gasteiger partial charge in [-0.25, -0.2) is 4.79 Å². The second-order valence-corrected chi connectivity index (χ2v) is 6.54. The van der Waals surface area contributed by atoms with Crippen LogP contribution in [0.15, 0.2) is 29.6 Å². The van der Waals surface area contributed by atoms with Crippen molar-refractivity contribution in [2.45, 2.75) is 25.4 Å². The van der Waals surface area contributed by atoms with E-state index in [0.717, 1.165) is 10.9 Å². The Hall–Kier alpha value is -2.08. The van der Waals surface area contributed by atoms with Crippen LogP contribution in [-0.2, 0) is 4.79 Å². The maximum Gasteiger partial charge on any atom is 0.315 e. The van der Waals surface area contributed by atoms with Gasteiger partial charge < -0.3 is 15.5 Å². The molecule has 2 aromatic rings. The second-order valence-electron chi connectivity index (χ2n) is 5.63. The maximum absolute atomic E-state index is 12.1. The topological polar surface area (TPSA) is 61.4 Å². The van der Waals surface area contributed by atoms with Crippen LogP contribution in [0.1, 0.15) is 24.9 Å². The first kappa shape index (κ1) is 14.8. The van der Waals surface area contributed by atoms with E-state index in [2.05, 4.69) is 28.1 Å².